The van der Waals surface area contributed by atoms with Crippen LogP contribution in [0.1, 0.15) is 62.1 Å². The minimum absolute atomic E-state index is 0.119. The zero-order chi connectivity index (χ0) is 25.9. The first-order chi connectivity index (χ1) is 17.7. The monoisotopic (exact) mass is 520 g/mol. The van der Waals surface area contributed by atoms with Gasteiger partial charge < -0.3 is 25.4 Å². The number of nitrogens with zero attached hydrogens (tertiary/aromatic N) is 3. The number of nitrogens with one attached hydrogen (secondary N) is 3. The van der Waals surface area contributed by atoms with Gasteiger partial charge >= 0.3 is 0 Å². The Kier molecular flexibility index (Phi) is 6.12. The average molecular weight is 521 g/mol. The molecule has 2 amide bonds. The molecule has 0 bridgehead atoms. The molecule has 2 fully saturated rings. The van der Waals surface area contributed by atoms with Gasteiger partial charge in [0.15, 0.2) is 5.01 Å². The summed E-state index contributed by atoms with van der Waals surface area (Å²) in [5.41, 5.74) is 3.94. The van der Waals surface area contributed by atoms with Crippen molar-refractivity contribution in [2.45, 2.75) is 63.7 Å². The van der Waals surface area contributed by atoms with Crippen LogP contribution in [0.3, 0.4) is 0 Å². The fraction of sp³-hybridized carbons (Fsp3) is 0.536. The number of rotatable bonds is 5. The minimum Gasteiger partial charge on any atom is -0.351 e. The summed E-state index contributed by atoms with van der Waals surface area (Å²) in [6.07, 6.45) is 4.80. The van der Waals surface area contributed by atoms with Gasteiger partial charge in [-0.15, -0.1) is 11.3 Å². The van der Waals surface area contributed by atoms with Crippen molar-refractivity contribution in [2.24, 2.45) is 5.41 Å². The fourth-order valence-electron chi connectivity index (χ4n) is 6.47. The molecule has 196 valence electrons. The third-order valence-electron chi connectivity index (χ3n) is 8.61. The van der Waals surface area contributed by atoms with E-state index in [0.29, 0.717) is 16.7 Å². The molecule has 1 aromatic carbocycles. The molecule has 2 saturated carbocycles. The normalized spacial score (nSPS) is 27.4. The molecule has 8 nitrogen and oxygen atoms in total. The molecule has 6 rings (SSSR count). The molecular weight excluding hydrogens is 484 g/mol. The van der Waals surface area contributed by atoms with Crippen molar-refractivity contribution in [2.75, 3.05) is 27.7 Å². The predicted octanol–water partition coefficient (Wildman–Crippen LogP) is 3.32. The first kappa shape index (κ1) is 24.6. The second-order valence-corrected chi connectivity index (χ2v) is 12.7. The molecule has 2 aliphatic carbocycles. The Bertz CT molecular complexity index is 1360. The Morgan fingerprint density at radius 2 is 1.97 bits per heavy atom. The fourth-order valence-corrected chi connectivity index (χ4v) is 7.56. The smallest absolute Gasteiger partial charge is 0.280 e. The minimum atomic E-state index is -0.134. The van der Waals surface area contributed by atoms with E-state index in [0.717, 1.165) is 67.4 Å². The number of H-pyrrole nitrogens is 1. The van der Waals surface area contributed by atoms with Gasteiger partial charge in [0, 0.05) is 47.4 Å². The number of carbonyl (C=O) groups excluding carboxylic acids is 2. The van der Waals surface area contributed by atoms with E-state index in [2.05, 4.69) is 57.6 Å². The van der Waals surface area contributed by atoms with Gasteiger partial charge in [-0.25, -0.2) is 4.98 Å². The van der Waals surface area contributed by atoms with Gasteiger partial charge in [0.1, 0.15) is 5.69 Å². The number of aromatic nitrogens is 2. The molecule has 1 spiro atoms. The number of carbonyl (C=O) groups is 2. The first-order valence-corrected chi connectivity index (χ1v) is 14.1. The van der Waals surface area contributed by atoms with E-state index in [9.17, 15) is 9.59 Å². The van der Waals surface area contributed by atoms with Crippen molar-refractivity contribution in [3.63, 3.8) is 0 Å². The largest absolute Gasteiger partial charge is 0.351 e. The highest BCUT2D eigenvalue weighted by molar-refractivity contribution is 7.13. The van der Waals surface area contributed by atoms with Crippen LogP contribution in [0, 0.1) is 12.3 Å². The molecule has 9 heteroatoms. The summed E-state index contributed by atoms with van der Waals surface area (Å²) < 4.78 is 0. The van der Waals surface area contributed by atoms with E-state index in [1.165, 1.54) is 16.2 Å². The summed E-state index contributed by atoms with van der Waals surface area (Å²) >= 11 is 1.51. The molecule has 3 N–H and O–H groups in total. The Morgan fingerprint density at radius 1 is 1.16 bits per heavy atom. The molecule has 1 aliphatic heterocycles. The number of benzene rings is 1. The second kappa shape index (κ2) is 9.22. The van der Waals surface area contributed by atoms with Gasteiger partial charge in [-0.3, -0.25) is 9.59 Å². The summed E-state index contributed by atoms with van der Waals surface area (Å²) in [7, 11) is 6.37. The Balaban J connectivity index is 1.21. The zero-order valence-electron chi connectivity index (χ0n) is 22.1. The maximum Gasteiger partial charge on any atom is 0.280 e. The highest BCUT2D eigenvalue weighted by Gasteiger charge is 2.58. The van der Waals surface area contributed by atoms with Crippen LogP contribution in [0.25, 0.3) is 10.9 Å². The van der Waals surface area contributed by atoms with Crippen LogP contribution in [0.2, 0.25) is 0 Å². The molecule has 0 saturated heterocycles. The summed E-state index contributed by atoms with van der Waals surface area (Å²) in [5, 5.41) is 8.13. The predicted molar refractivity (Wildman–Crippen MR) is 146 cm³/mol. The second-order valence-electron chi connectivity index (χ2n) is 11.6. The molecule has 0 radical (unpaired) electrons. The first-order valence-electron chi connectivity index (χ1n) is 13.3. The van der Waals surface area contributed by atoms with Gasteiger partial charge in [0.25, 0.3) is 11.8 Å². The van der Waals surface area contributed by atoms with E-state index < -0.39 is 0 Å². The number of likely N-dealkylation sites (N-methyl/N-ethyl adjacent to an activating group) is 1. The highest BCUT2D eigenvalue weighted by atomic mass is 32.1. The summed E-state index contributed by atoms with van der Waals surface area (Å²) in [5.74, 6) is -0.242. The topological polar surface area (TPSA) is 93.4 Å². The lowest BCUT2D eigenvalue weighted by Gasteiger charge is -2.38. The van der Waals surface area contributed by atoms with Gasteiger partial charge in [-0.05, 0) is 77.4 Å². The molecule has 4 atom stereocenters. The number of fused-ring (bicyclic) bond motifs is 2. The van der Waals surface area contributed by atoms with Crippen LogP contribution in [0.5, 0.6) is 0 Å². The molecule has 2 aromatic heterocycles. The van der Waals surface area contributed by atoms with Crippen molar-refractivity contribution >= 4 is 34.1 Å². The highest BCUT2D eigenvalue weighted by Crippen LogP contribution is 2.58. The number of hydrogen-bond acceptors (Lipinski definition) is 6. The van der Waals surface area contributed by atoms with E-state index in [-0.39, 0.29) is 29.3 Å². The molecule has 37 heavy (non-hydrogen) atoms. The molecular formula is C28H36N6O2S. The van der Waals surface area contributed by atoms with Crippen LogP contribution >= 0.6 is 11.3 Å². The maximum absolute atomic E-state index is 13.4. The standard InChI is InChI=1S/C28H36N6O2S/c1-16-5-6-18-17(11-16)12-21(29-18)25(35)30-19-7-9-28(14-24(28)33(2)3)13-22(19)31-26(36)27-32-20-8-10-34(4)15-23(20)37-27/h5-6,11-12,19,22,24,29H,7-10,13-15H2,1-4H3,(H,30,35)(H,31,36)/t19-,22+,24+,28?/m0/s1. The van der Waals surface area contributed by atoms with Crippen molar-refractivity contribution in [1.82, 2.24) is 30.4 Å². The number of thiazole rings is 1. The quantitative estimate of drug-likeness (QED) is 0.480. The molecule has 3 heterocycles. The van der Waals surface area contributed by atoms with Crippen molar-refractivity contribution < 1.29 is 9.59 Å². The van der Waals surface area contributed by atoms with Gasteiger partial charge in [-0.2, -0.15) is 0 Å². The van der Waals surface area contributed by atoms with Crippen LogP contribution in [-0.4, -0.2) is 77.4 Å². The van der Waals surface area contributed by atoms with Crippen molar-refractivity contribution in [1.29, 1.82) is 0 Å². The molecule has 3 aromatic rings. The van der Waals surface area contributed by atoms with Crippen LogP contribution in [-0.2, 0) is 13.0 Å². The lowest BCUT2D eigenvalue weighted by Crippen LogP contribution is -2.55. The number of hydrogen-bond donors (Lipinski definition) is 3. The number of amides is 2. The molecule has 3 aliphatic rings. The Hall–Kier alpha value is -2.75. The summed E-state index contributed by atoms with van der Waals surface area (Å²) in [6.45, 7) is 3.86. The summed E-state index contributed by atoms with van der Waals surface area (Å²) in [4.78, 5) is 40.4. The Morgan fingerprint density at radius 3 is 2.76 bits per heavy atom. The van der Waals surface area contributed by atoms with E-state index in [1.807, 2.05) is 25.1 Å². The number of aryl methyl sites for hydroxylation is 1. The number of aromatic amines is 1. The van der Waals surface area contributed by atoms with Gasteiger partial charge in [-0.1, -0.05) is 11.6 Å². The average Bonchev–Trinajstić information content (AvgIpc) is 3.18. The lowest BCUT2D eigenvalue weighted by molar-refractivity contribution is 0.0824. The van der Waals surface area contributed by atoms with Gasteiger partial charge in [0.05, 0.1) is 11.7 Å². The third kappa shape index (κ3) is 4.69. The maximum atomic E-state index is 13.4. The Labute approximate surface area is 221 Å². The van der Waals surface area contributed by atoms with Crippen LogP contribution in [0.15, 0.2) is 24.3 Å². The lowest BCUT2D eigenvalue weighted by atomic mass is 9.79. The van der Waals surface area contributed by atoms with Crippen LogP contribution < -0.4 is 10.6 Å². The van der Waals surface area contributed by atoms with E-state index in [1.54, 1.807) is 0 Å². The SMILES string of the molecule is Cc1ccc2[nH]c(C(=O)N[C@H]3CCC4(C[C@H]3NC(=O)c3nc5c(s3)CN(C)CC5)C[C@H]4N(C)C)cc2c1. The zero-order valence-corrected chi connectivity index (χ0v) is 22.9. The van der Waals surface area contributed by atoms with Gasteiger partial charge in [0.2, 0.25) is 0 Å². The van der Waals surface area contributed by atoms with Crippen LogP contribution in [0.4, 0.5) is 0 Å². The van der Waals surface area contributed by atoms with Crippen molar-refractivity contribution in [3.8, 4) is 0 Å². The molecule has 1 unspecified atom stereocenters. The third-order valence-corrected chi connectivity index (χ3v) is 9.69. The van der Waals surface area contributed by atoms with E-state index in [4.69, 9.17) is 0 Å². The van der Waals surface area contributed by atoms with E-state index >= 15 is 0 Å². The summed E-state index contributed by atoms with van der Waals surface area (Å²) in [6, 6.07) is 8.31. The van der Waals surface area contributed by atoms with Crippen molar-refractivity contribution in [3.05, 3.63) is 51.1 Å².